The van der Waals surface area contributed by atoms with E-state index in [1.165, 1.54) is 57.8 Å². The van der Waals surface area contributed by atoms with Gasteiger partial charge >= 0.3 is 11.9 Å². The molecule has 0 heterocycles. The summed E-state index contributed by atoms with van der Waals surface area (Å²) in [6.45, 7) is 5.36. The molecule has 4 nitrogen and oxygen atoms in total. The molecule has 0 aliphatic heterocycles. The topological polar surface area (TPSA) is 52.6 Å². The van der Waals surface area contributed by atoms with E-state index >= 15 is 0 Å². The molecule has 1 rings (SSSR count). The molecule has 29 heavy (non-hydrogen) atoms. The second-order valence-electron chi connectivity index (χ2n) is 8.78. The molecule has 170 valence electrons. The van der Waals surface area contributed by atoms with Gasteiger partial charge in [0.15, 0.2) is 0 Å². The van der Waals surface area contributed by atoms with Crippen molar-refractivity contribution >= 4 is 11.9 Å². The maximum absolute atomic E-state index is 12.3. The van der Waals surface area contributed by atoms with Crippen molar-refractivity contribution in [2.45, 2.75) is 123 Å². The van der Waals surface area contributed by atoms with E-state index in [1.807, 2.05) is 0 Å². The summed E-state index contributed by atoms with van der Waals surface area (Å²) in [4.78, 5) is 24.5. The number of hydrogen-bond donors (Lipinski definition) is 0. The molecule has 2 atom stereocenters. The molecule has 0 N–H and O–H groups in total. The van der Waals surface area contributed by atoms with Crippen LogP contribution < -0.4 is 0 Å². The van der Waals surface area contributed by atoms with Crippen LogP contribution in [0, 0.1) is 11.8 Å². The van der Waals surface area contributed by atoms with Crippen molar-refractivity contribution < 1.29 is 19.1 Å². The van der Waals surface area contributed by atoms with Gasteiger partial charge in [0.2, 0.25) is 0 Å². The third-order valence-corrected chi connectivity index (χ3v) is 6.08. The van der Waals surface area contributed by atoms with Gasteiger partial charge < -0.3 is 9.47 Å². The van der Waals surface area contributed by atoms with Crippen LogP contribution in [0.1, 0.15) is 123 Å². The summed E-state index contributed by atoms with van der Waals surface area (Å²) in [7, 11) is 0. The Hall–Kier alpha value is -1.06. The molecule has 2 unspecified atom stereocenters. The van der Waals surface area contributed by atoms with Crippen molar-refractivity contribution in [3.8, 4) is 0 Å². The molecular formula is C25H46O4. The monoisotopic (exact) mass is 410 g/mol. The third-order valence-electron chi connectivity index (χ3n) is 6.08. The molecule has 0 aromatic heterocycles. The summed E-state index contributed by atoms with van der Waals surface area (Å²) in [5, 5.41) is 0. The highest BCUT2D eigenvalue weighted by Crippen LogP contribution is 2.31. The van der Waals surface area contributed by atoms with Gasteiger partial charge in [-0.3, -0.25) is 9.59 Å². The predicted octanol–water partition coefficient (Wildman–Crippen LogP) is 6.99. The second-order valence-corrected chi connectivity index (χ2v) is 8.78. The van der Waals surface area contributed by atoms with Crippen molar-refractivity contribution in [3.05, 3.63) is 0 Å². The molecule has 1 aliphatic carbocycles. The molecule has 0 aromatic rings. The number of unbranched alkanes of at least 4 members (excludes halogenated alkanes) is 11. The largest absolute Gasteiger partial charge is 0.465 e. The molecule has 4 heteroatoms. The Bertz CT molecular complexity index is 421. The fourth-order valence-electron chi connectivity index (χ4n) is 4.11. The Kier molecular flexibility index (Phi) is 15.9. The standard InChI is InChI=1S/C25H46O4/c1-3-5-7-8-9-10-11-12-13-14-15-20-29-25(27)23-18-16-17-22(21-23)24(26)28-19-6-4-2/h22-23H,3-21H2,1-2H3. The van der Waals surface area contributed by atoms with E-state index in [0.29, 0.717) is 19.6 Å². The van der Waals surface area contributed by atoms with E-state index in [2.05, 4.69) is 13.8 Å². The van der Waals surface area contributed by atoms with Gasteiger partial charge in [-0.1, -0.05) is 90.9 Å². The maximum Gasteiger partial charge on any atom is 0.308 e. The summed E-state index contributed by atoms with van der Waals surface area (Å²) < 4.78 is 10.8. The van der Waals surface area contributed by atoms with E-state index < -0.39 is 0 Å². The Labute approximate surface area is 179 Å². The van der Waals surface area contributed by atoms with Crippen LogP contribution in [0.5, 0.6) is 0 Å². The SMILES string of the molecule is CCCCCCCCCCCCCOC(=O)C1CCCC(C(=O)OCCCC)C1. The van der Waals surface area contributed by atoms with Crippen LogP contribution in [0.2, 0.25) is 0 Å². The molecule has 1 aliphatic rings. The first-order chi connectivity index (χ1) is 14.2. The lowest BCUT2D eigenvalue weighted by atomic mass is 9.81. The number of esters is 2. The van der Waals surface area contributed by atoms with Crippen LogP contribution in [-0.4, -0.2) is 25.2 Å². The van der Waals surface area contributed by atoms with Gasteiger partial charge in [0.05, 0.1) is 25.0 Å². The predicted molar refractivity (Wildman–Crippen MR) is 119 cm³/mol. The number of rotatable bonds is 17. The fourth-order valence-corrected chi connectivity index (χ4v) is 4.11. The summed E-state index contributed by atoms with van der Waals surface area (Å²) in [5.41, 5.74) is 0. The van der Waals surface area contributed by atoms with Crippen LogP contribution >= 0.6 is 0 Å². The smallest absolute Gasteiger partial charge is 0.308 e. The van der Waals surface area contributed by atoms with Crippen molar-refractivity contribution in [2.75, 3.05) is 13.2 Å². The first kappa shape index (κ1) is 26.0. The van der Waals surface area contributed by atoms with Crippen molar-refractivity contribution in [2.24, 2.45) is 11.8 Å². The fraction of sp³-hybridized carbons (Fsp3) is 0.920. The zero-order valence-electron chi connectivity index (χ0n) is 19.2. The maximum atomic E-state index is 12.3. The van der Waals surface area contributed by atoms with E-state index in [1.54, 1.807) is 0 Å². The average Bonchev–Trinajstić information content (AvgIpc) is 2.74. The van der Waals surface area contributed by atoms with E-state index in [4.69, 9.17) is 9.47 Å². The highest BCUT2D eigenvalue weighted by Gasteiger charge is 2.32. The van der Waals surface area contributed by atoms with Crippen molar-refractivity contribution in [1.82, 2.24) is 0 Å². The van der Waals surface area contributed by atoms with Gasteiger partial charge in [-0.15, -0.1) is 0 Å². The normalized spacial score (nSPS) is 19.1. The summed E-state index contributed by atoms with van der Waals surface area (Å²) in [6.07, 6.45) is 19.3. The van der Waals surface area contributed by atoms with E-state index in [-0.39, 0.29) is 23.8 Å². The van der Waals surface area contributed by atoms with Crippen LogP contribution in [-0.2, 0) is 19.1 Å². The Morgan fingerprint density at radius 3 is 1.52 bits per heavy atom. The molecular weight excluding hydrogens is 364 g/mol. The third kappa shape index (κ3) is 13.0. The van der Waals surface area contributed by atoms with Crippen LogP contribution in [0.4, 0.5) is 0 Å². The zero-order chi connectivity index (χ0) is 21.2. The van der Waals surface area contributed by atoms with E-state index in [9.17, 15) is 9.59 Å². The van der Waals surface area contributed by atoms with Gasteiger partial charge in [-0.05, 0) is 32.1 Å². The highest BCUT2D eigenvalue weighted by molar-refractivity contribution is 5.76. The number of ether oxygens (including phenoxy) is 2. The Morgan fingerprint density at radius 2 is 1.03 bits per heavy atom. The molecule has 0 radical (unpaired) electrons. The molecule has 0 spiro atoms. The minimum absolute atomic E-state index is 0.108. The molecule has 1 saturated carbocycles. The average molecular weight is 411 g/mol. The quantitative estimate of drug-likeness (QED) is 0.191. The Morgan fingerprint density at radius 1 is 0.621 bits per heavy atom. The minimum atomic E-state index is -0.125. The lowest BCUT2D eigenvalue weighted by Gasteiger charge is -2.26. The lowest BCUT2D eigenvalue weighted by molar-refractivity contribution is -0.155. The first-order valence-corrected chi connectivity index (χ1v) is 12.5. The van der Waals surface area contributed by atoms with Crippen LogP contribution in [0.15, 0.2) is 0 Å². The first-order valence-electron chi connectivity index (χ1n) is 12.5. The molecule has 1 fully saturated rings. The Balaban J connectivity index is 2.01. The zero-order valence-corrected chi connectivity index (χ0v) is 19.2. The summed E-state index contributed by atoms with van der Waals surface area (Å²) >= 11 is 0. The van der Waals surface area contributed by atoms with Gasteiger partial charge in [-0.25, -0.2) is 0 Å². The molecule has 0 amide bonds. The van der Waals surface area contributed by atoms with Gasteiger partial charge in [0.1, 0.15) is 0 Å². The molecule has 0 aromatic carbocycles. The number of carbonyl (C=O) groups excluding carboxylic acids is 2. The summed E-state index contributed by atoms with van der Waals surface area (Å²) in [6, 6.07) is 0. The van der Waals surface area contributed by atoms with Crippen molar-refractivity contribution in [3.63, 3.8) is 0 Å². The summed E-state index contributed by atoms with van der Waals surface area (Å²) in [5.74, 6) is -0.482. The number of hydrogen-bond acceptors (Lipinski definition) is 4. The highest BCUT2D eigenvalue weighted by atomic mass is 16.5. The van der Waals surface area contributed by atoms with Crippen LogP contribution in [0.3, 0.4) is 0 Å². The van der Waals surface area contributed by atoms with Gasteiger partial charge in [0.25, 0.3) is 0 Å². The van der Waals surface area contributed by atoms with Gasteiger partial charge in [0, 0.05) is 0 Å². The second kappa shape index (κ2) is 17.8. The minimum Gasteiger partial charge on any atom is -0.465 e. The van der Waals surface area contributed by atoms with E-state index in [0.717, 1.165) is 44.9 Å². The molecule has 0 saturated heterocycles. The lowest BCUT2D eigenvalue weighted by Crippen LogP contribution is -2.30. The van der Waals surface area contributed by atoms with Crippen LogP contribution in [0.25, 0.3) is 0 Å². The van der Waals surface area contributed by atoms with Gasteiger partial charge in [-0.2, -0.15) is 0 Å². The molecule has 0 bridgehead atoms. The number of carbonyl (C=O) groups is 2. The van der Waals surface area contributed by atoms with Crippen molar-refractivity contribution in [1.29, 1.82) is 0 Å².